The van der Waals surface area contributed by atoms with Gasteiger partial charge in [-0.05, 0) is 72.9 Å². The number of hydrogen-bond donors (Lipinski definition) is 2. The normalized spacial score (nSPS) is 21.5. The van der Waals surface area contributed by atoms with Crippen LogP contribution < -0.4 is 5.32 Å². The fraction of sp³-hybridized carbons (Fsp3) is 0.484. The number of nitrogens with zero attached hydrogens (tertiary/aromatic N) is 6. The molecule has 2 atom stereocenters. The maximum Gasteiger partial charge on any atom is 0.225 e. The number of nitrogens with one attached hydrogen (secondary N) is 2. The summed E-state index contributed by atoms with van der Waals surface area (Å²) in [5.74, 6) is 2.80. The van der Waals surface area contributed by atoms with Crippen molar-refractivity contribution in [3.05, 3.63) is 54.5 Å². The molecule has 2 saturated carbocycles. The van der Waals surface area contributed by atoms with Gasteiger partial charge in [0.25, 0.3) is 0 Å². The van der Waals surface area contributed by atoms with E-state index in [1.54, 1.807) is 0 Å². The molecule has 4 aromatic rings. The van der Waals surface area contributed by atoms with Crippen molar-refractivity contribution in [1.82, 2.24) is 34.5 Å². The number of carbonyl (C=O) groups is 1. The third kappa shape index (κ3) is 5.10. The molecule has 1 aromatic carbocycles. The number of carbonyl (C=O) groups excluding carboxylic acids is 1. The van der Waals surface area contributed by atoms with Crippen LogP contribution in [0.25, 0.3) is 22.2 Å². The average molecular weight is 539 g/mol. The van der Waals surface area contributed by atoms with Gasteiger partial charge in [0, 0.05) is 62.6 Å². The van der Waals surface area contributed by atoms with E-state index in [1.807, 2.05) is 23.4 Å². The van der Waals surface area contributed by atoms with Crippen molar-refractivity contribution in [3.8, 4) is 11.1 Å². The lowest BCUT2D eigenvalue weighted by molar-refractivity contribution is -0.134. The van der Waals surface area contributed by atoms with Crippen molar-refractivity contribution >= 4 is 28.7 Å². The van der Waals surface area contributed by atoms with E-state index in [9.17, 15) is 4.79 Å². The SMILES string of the molecule is CC(c1ccnc(Nc2nc3ccc(-c4cnn(CC5CC5(C)C)c4)cc3[nH]2)c1)N1CCN(C(=O)C2CC2)CC1. The fourth-order valence-corrected chi connectivity index (χ4v) is 6.00. The molecule has 9 nitrogen and oxygen atoms in total. The van der Waals surface area contributed by atoms with Crippen LogP contribution in [0.5, 0.6) is 0 Å². The number of imidazole rings is 1. The van der Waals surface area contributed by atoms with Gasteiger partial charge in [0.2, 0.25) is 11.9 Å². The predicted molar refractivity (Wildman–Crippen MR) is 156 cm³/mol. The quantitative estimate of drug-likeness (QED) is 0.319. The molecule has 1 aliphatic heterocycles. The Morgan fingerprint density at radius 2 is 1.93 bits per heavy atom. The number of fused-ring (bicyclic) bond motifs is 1. The van der Waals surface area contributed by atoms with E-state index >= 15 is 0 Å². The summed E-state index contributed by atoms with van der Waals surface area (Å²) < 4.78 is 2.08. The predicted octanol–water partition coefficient (Wildman–Crippen LogP) is 5.23. The lowest BCUT2D eigenvalue weighted by Crippen LogP contribution is -2.49. The number of amides is 1. The molecule has 1 amide bonds. The third-order valence-corrected chi connectivity index (χ3v) is 9.19. The molecule has 2 aliphatic carbocycles. The minimum absolute atomic E-state index is 0.242. The summed E-state index contributed by atoms with van der Waals surface area (Å²) in [6.45, 7) is 11.3. The first kappa shape index (κ1) is 25.3. The van der Waals surface area contributed by atoms with E-state index in [2.05, 4.69) is 81.2 Å². The Morgan fingerprint density at radius 1 is 1.12 bits per heavy atom. The highest BCUT2D eigenvalue weighted by Gasteiger charge is 2.45. The topological polar surface area (TPSA) is 95.0 Å². The first-order valence-corrected chi connectivity index (χ1v) is 14.6. The van der Waals surface area contributed by atoms with Crippen LogP contribution in [0.1, 0.15) is 51.6 Å². The molecule has 3 aliphatic rings. The van der Waals surface area contributed by atoms with E-state index in [-0.39, 0.29) is 6.04 Å². The van der Waals surface area contributed by atoms with Crippen molar-refractivity contribution in [2.75, 3.05) is 31.5 Å². The van der Waals surface area contributed by atoms with Gasteiger partial charge in [0.05, 0.1) is 17.2 Å². The maximum atomic E-state index is 12.4. The van der Waals surface area contributed by atoms with Crippen molar-refractivity contribution in [2.24, 2.45) is 17.3 Å². The fourth-order valence-electron chi connectivity index (χ4n) is 6.00. The standard InChI is InChI=1S/C31H38N8O/c1-20(37-10-12-38(13-11-37)29(40)21-4-5-21)22-8-9-32-28(15-22)36-30-34-26-7-6-23(14-27(26)35-30)24-17-33-39(18-24)19-25-16-31(25,2)3/h6-9,14-15,17-18,20-21,25H,4-5,10-13,16,19H2,1-3H3,(H2,32,34,35,36). The van der Waals surface area contributed by atoms with Gasteiger partial charge in [0.1, 0.15) is 5.82 Å². The van der Waals surface area contributed by atoms with E-state index < -0.39 is 0 Å². The number of rotatable bonds is 8. The van der Waals surface area contributed by atoms with Gasteiger partial charge in [-0.2, -0.15) is 5.10 Å². The van der Waals surface area contributed by atoms with Crippen LogP contribution in [0.4, 0.5) is 11.8 Å². The maximum absolute atomic E-state index is 12.4. The van der Waals surface area contributed by atoms with Gasteiger partial charge in [-0.1, -0.05) is 19.9 Å². The molecule has 4 heterocycles. The average Bonchev–Trinajstić information content (AvgIpc) is 3.79. The van der Waals surface area contributed by atoms with Crippen LogP contribution in [0.3, 0.4) is 0 Å². The number of aromatic amines is 1. The lowest BCUT2D eigenvalue weighted by atomic mass is 10.1. The summed E-state index contributed by atoms with van der Waals surface area (Å²) in [5.41, 5.74) is 5.76. The van der Waals surface area contributed by atoms with Crippen LogP contribution in [0, 0.1) is 17.3 Å². The molecule has 0 bridgehead atoms. The van der Waals surface area contributed by atoms with Crippen LogP contribution in [0.2, 0.25) is 0 Å². The number of aromatic nitrogens is 5. The Kier molecular flexibility index (Phi) is 6.14. The van der Waals surface area contributed by atoms with Crippen molar-refractivity contribution < 1.29 is 4.79 Å². The zero-order chi connectivity index (χ0) is 27.4. The minimum Gasteiger partial charge on any atom is -0.340 e. The van der Waals surface area contributed by atoms with Gasteiger partial charge >= 0.3 is 0 Å². The molecule has 2 unspecified atom stereocenters. The zero-order valence-corrected chi connectivity index (χ0v) is 23.6. The van der Waals surface area contributed by atoms with Crippen LogP contribution in [-0.4, -0.2) is 66.6 Å². The highest BCUT2D eigenvalue weighted by molar-refractivity contribution is 5.84. The molecular formula is C31H38N8O. The largest absolute Gasteiger partial charge is 0.340 e. The monoisotopic (exact) mass is 538 g/mol. The molecule has 3 fully saturated rings. The number of anilines is 2. The molecule has 2 N–H and O–H groups in total. The number of H-pyrrole nitrogens is 1. The molecule has 0 spiro atoms. The van der Waals surface area contributed by atoms with Crippen molar-refractivity contribution in [1.29, 1.82) is 0 Å². The van der Waals surface area contributed by atoms with Gasteiger partial charge in [0.15, 0.2) is 0 Å². The van der Waals surface area contributed by atoms with Crippen molar-refractivity contribution in [3.63, 3.8) is 0 Å². The van der Waals surface area contributed by atoms with E-state index in [1.165, 1.54) is 12.0 Å². The lowest BCUT2D eigenvalue weighted by Gasteiger charge is -2.38. The summed E-state index contributed by atoms with van der Waals surface area (Å²) in [6.07, 6.45) is 9.36. The first-order chi connectivity index (χ1) is 19.3. The smallest absolute Gasteiger partial charge is 0.225 e. The Balaban J connectivity index is 1.01. The Labute approximate surface area is 235 Å². The third-order valence-electron chi connectivity index (χ3n) is 9.19. The van der Waals surface area contributed by atoms with E-state index in [4.69, 9.17) is 4.98 Å². The molecule has 9 heteroatoms. The van der Waals surface area contributed by atoms with Crippen LogP contribution >= 0.6 is 0 Å². The molecule has 7 rings (SSSR count). The number of piperazine rings is 1. The highest BCUT2D eigenvalue weighted by Crippen LogP contribution is 2.52. The summed E-state index contributed by atoms with van der Waals surface area (Å²) in [5, 5.41) is 7.97. The molecule has 0 radical (unpaired) electrons. The molecule has 40 heavy (non-hydrogen) atoms. The van der Waals surface area contributed by atoms with E-state index in [0.29, 0.717) is 29.1 Å². The summed E-state index contributed by atoms with van der Waals surface area (Å²) in [6, 6.07) is 10.7. The Bertz CT molecular complexity index is 1540. The first-order valence-electron chi connectivity index (χ1n) is 14.6. The van der Waals surface area contributed by atoms with Crippen molar-refractivity contribution in [2.45, 2.75) is 52.6 Å². The second-order valence-electron chi connectivity index (χ2n) is 12.6. The molecule has 208 valence electrons. The second kappa shape index (κ2) is 9.73. The van der Waals surface area contributed by atoms with Gasteiger partial charge in [-0.25, -0.2) is 9.97 Å². The number of pyridine rings is 1. The zero-order valence-electron chi connectivity index (χ0n) is 23.6. The Hall–Kier alpha value is -3.72. The van der Waals surface area contributed by atoms with Gasteiger partial charge in [-0.3, -0.25) is 14.4 Å². The Morgan fingerprint density at radius 3 is 2.67 bits per heavy atom. The number of hydrogen-bond acceptors (Lipinski definition) is 6. The molecule has 1 saturated heterocycles. The number of benzene rings is 1. The van der Waals surface area contributed by atoms with Crippen LogP contribution in [-0.2, 0) is 11.3 Å². The van der Waals surface area contributed by atoms with Gasteiger partial charge in [-0.15, -0.1) is 0 Å². The highest BCUT2D eigenvalue weighted by atomic mass is 16.2. The van der Waals surface area contributed by atoms with Crippen LogP contribution in [0.15, 0.2) is 48.9 Å². The summed E-state index contributed by atoms with van der Waals surface area (Å²) in [4.78, 5) is 29.6. The second-order valence-corrected chi connectivity index (χ2v) is 12.6. The minimum atomic E-state index is 0.242. The molecule has 3 aromatic heterocycles. The van der Waals surface area contributed by atoms with Gasteiger partial charge < -0.3 is 15.2 Å². The summed E-state index contributed by atoms with van der Waals surface area (Å²) >= 11 is 0. The molecular weight excluding hydrogens is 500 g/mol. The summed E-state index contributed by atoms with van der Waals surface area (Å²) in [7, 11) is 0. The van der Waals surface area contributed by atoms with E-state index in [0.717, 1.165) is 73.5 Å².